The van der Waals surface area contributed by atoms with E-state index >= 15 is 0 Å². The van der Waals surface area contributed by atoms with Gasteiger partial charge in [0.05, 0.1) is 16.8 Å². The Labute approximate surface area is 127 Å². The summed E-state index contributed by atoms with van der Waals surface area (Å²) in [4.78, 5) is 11.8. The number of hydrogen-bond donors (Lipinski definition) is 1. The van der Waals surface area contributed by atoms with E-state index in [1.807, 2.05) is 0 Å². The molecule has 19 heavy (non-hydrogen) atoms. The molecule has 1 N–H and O–H groups in total. The highest BCUT2D eigenvalue weighted by molar-refractivity contribution is 9.10. The molecule has 2 aromatic rings. The lowest BCUT2D eigenvalue weighted by Gasteiger charge is -2.02. The van der Waals surface area contributed by atoms with E-state index in [0.29, 0.717) is 21.0 Å². The number of halogens is 3. The maximum Gasteiger partial charge on any atom is 0.272 e. The topological polar surface area (TPSA) is 54.6 Å². The fraction of sp³-hybridized carbons (Fsp3) is 0. The number of furan rings is 1. The minimum atomic E-state index is -0.427. The van der Waals surface area contributed by atoms with Gasteiger partial charge in [0.15, 0.2) is 4.67 Å². The molecule has 1 aromatic heterocycles. The zero-order valence-corrected chi connectivity index (χ0v) is 12.5. The Kier molecular flexibility index (Phi) is 4.63. The Morgan fingerprint density at radius 1 is 1.32 bits per heavy atom. The Balaban J connectivity index is 2.03. The van der Waals surface area contributed by atoms with Crippen molar-refractivity contribution in [1.82, 2.24) is 5.43 Å². The third-order valence-electron chi connectivity index (χ3n) is 2.13. The van der Waals surface area contributed by atoms with Crippen LogP contribution in [0.4, 0.5) is 0 Å². The number of carbonyl (C=O) groups is 1. The van der Waals surface area contributed by atoms with Crippen LogP contribution in [0.1, 0.15) is 16.1 Å². The molecule has 0 saturated carbocycles. The molecule has 0 aliphatic heterocycles. The van der Waals surface area contributed by atoms with E-state index in [4.69, 9.17) is 27.6 Å². The number of hydrazone groups is 1. The van der Waals surface area contributed by atoms with Crippen LogP contribution in [0.15, 0.2) is 44.5 Å². The molecule has 4 nitrogen and oxygen atoms in total. The van der Waals surface area contributed by atoms with E-state index < -0.39 is 5.91 Å². The van der Waals surface area contributed by atoms with Gasteiger partial charge in [-0.3, -0.25) is 4.79 Å². The summed E-state index contributed by atoms with van der Waals surface area (Å²) < 4.78 is 5.77. The molecule has 0 unspecified atom stereocenters. The molecule has 1 heterocycles. The van der Waals surface area contributed by atoms with Gasteiger partial charge in [0.2, 0.25) is 0 Å². The van der Waals surface area contributed by atoms with Crippen molar-refractivity contribution in [3.63, 3.8) is 0 Å². The van der Waals surface area contributed by atoms with E-state index in [-0.39, 0.29) is 5.02 Å². The predicted octanol–water partition coefficient (Wildman–Crippen LogP) is 4.11. The van der Waals surface area contributed by atoms with Crippen molar-refractivity contribution in [2.75, 3.05) is 0 Å². The molecule has 0 fully saturated rings. The van der Waals surface area contributed by atoms with Crippen LogP contribution in [0.25, 0.3) is 0 Å². The largest absolute Gasteiger partial charge is 0.448 e. The van der Waals surface area contributed by atoms with Gasteiger partial charge < -0.3 is 4.42 Å². The molecule has 1 amide bonds. The number of hydrogen-bond acceptors (Lipinski definition) is 3. The molecular formula is C12H7BrCl2N2O2. The van der Waals surface area contributed by atoms with Crippen molar-refractivity contribution in [2.45, 2.75) is 0 Å². The van der Waals surface area contributed by atoms with Crippen LogP contribution in [-0.4, -0.2) is 12.1 Å². The fourth-order valence-corrected chi connectivity index (χ4v) is 2.10. The van der Waals surface area contributed by atoms with Gasteiger partial charge in [-0.05, 0) is 46.3 Å². The summed E-state index contributed by atoms with van der Waals surface area (Å²) in [5.41, 5.74) is 2.64. The van der Waals surface area contributed by atoms with Gasteiger partial charge in [0.1, 0.15) is 5.76 Å². The molecular weight excluding hydrogens is 355 g/mol. The third-order valence-corrected chi connectivity index (χ3v) is 3.10. The third kappa shape index (κ3) is 3.83. The van der Waals surface area contributed by atoms with E-state index in [1.54, 1.807) is 18.2 Å². The second-order valence-corrected chi connectivity index (χ2v) is 5.09. The molecule has 0 radical (unpaired) electrons. The van der Waals surface area contributed by atoms with Crippen LogP contribution >= 0.6 is 39.1 Å². The van der Waals surface area contributed by atoms with E-state index in [2.05, 4.69) is 26.5 Å². The Morgan fingerprint density at radius 2 is 2.11 bits per heavy atom. The van der Waals surface area contributed by atoms with Gasteiger partial charge in [0, 0.05) is 5.02 Å². The van der Waals surface area contributed by atoms with Crippen molar-refractivity contribution >= 4 is 51.3 Å². The molecule has 0 aliphatic rings. The normalized spacial score (nSPS) is 10.9. The zero-order valence-electron chi connectivity index (χ0n) is 9.36. The number of benzene rings is 1. The first kappa shape index (κ1) is 14.1. The number of nitrogens with one attached hydrogen (secondary N) is 1. The van der Waals surface area contributed by atoms with Crippen molar-refractivity contribution in [1.29, 1.82) is 0 Å². The van der Waals surface area contributed by atoms with Crippen LogP contribution < -0.4 is 5.43 Å². The second kappa shape index (κ2) is 6.23. The molecule has 1 aromatic carbocycles. The van der Waals surface area contributed by atoms with E-state index in [0.717, 1.165) is 0 Å². The van der Waals surface area contributed by atoms with Crippen molar-refractivity contribution in [2.24, 2.45) is 5.10 Å². The lowest BCUT2D eigenvalue weighted by molar-refractivity contribution is 0.0955. The predicted molar refractivity (Wildman–Crippen MR) is 77.9 cm³/mol. The summed E-state index contributed by atoms with van der Waals surface area (Å²) in [7, 11) is 0. The van der Waals surface area contributed by atoms with Gasteiger partial charge in [-0.1, -0.05) is 23.2 Å². The summed E-state index contributed by atoms with van der Waals surface area (Å²) in [5, 5.41) is 4.49. The quantitative estimate of drug-likeness (QED) is 0.660. The van der Waals surface area contributed by atoms with Crippen LogP contribution in [0.5, 0.6) is 0 Å². The number of amides is 1. The summed E-state index contributed by atoms with van der Waals surface area (Å²) in [6, 6.07) is 8.02. The average molecular weight is 362 g/mol. The summed E-state index contributed by atoms with van der Waals surface area (Å²) in [6.45, 7) is 0. The molecule has 0 spiro atoms. The average Bonchev–Trinajstić information content (AvgIpc) is 2.75. The van der Waals surface area contributed by atoms with Gasteiger partial charge in [-0.2, -0.15) is 5.10 Å². The number of rotatable bonds is 3. The van der Waals surface area contributed by atoms with E-state index in [1.165, 1.54) is 18.3 Å². The second-order valence-electron chi connectivity index (χ2n) is 3.47. The maximum atomic E-state index is 11.8. The first-order valence-corrected chi connectivity index (χ1v) is 6.65. The standard InChI is InChI=1S/C12H7BrCl2N2O2/c13-11-4-2-8(19-11)6-16-17-12(18)9-3-1-7(14)5-10(9)15/h1-6H,(H,17,18)/b16-6+. The van der Waals surface area contributed by atoms with Crippen LogP contribution in [0.3, 0.4) is 0 Å². The molecule has 2 rings (SSSR count). The molecule has 7 heteroatoms. The molecule has 0 bridgehead atoms. The fourth-order valence-electron chi connectivity index (χ4n) is 1.29. The lowest BCUT2D eigenvalue weighted by Crippen LogP contribution is -2.17. The highest BCUT2D eigenvalue weighted by Gasteiger charge is 2.09. The first-order valence-electron chi connectivity index (χ1n) is 5.10. The van der Waals surface area contributed by atoms with Crippen LogP contribution in [0, 0.1) is 0 Å². The number of nitrogens with zero attached hydrogens (tertiary/aromatic N) is 1. The van der Waals surface area contributed by atoms with Crippen molar-refractivity contribution in [3.8, 4) is 0 Å². The van der Waals surface area contributed by atoms with Crippen LogP contribution in [0.2, 0.25) is 10.0 Å². The molecule has 98 valence electrons. The van der Waals surface area contributed by atoms with Crippen molar-refractivity contribution in [3.05, 3.63) is 56.4 Å². The Hall–Kier alpha value is -1.30. The molecule has 0 aliphatic carbocycles. The lowest BCUT2D eigenvalue weighted by atomic mass is 10.2. The van der Waals surface area contributed by atoms with Gasteiger partial charge in [0.25, 0.3) is 5.91 Å². The minimum absolute atomic E-state index is 0.265. The number of carbonyl (C=O) groups excluding carboxylic acids is 1. The summed E-state index contributed by atoms with van der Waals surface area (Å²) >= 11 is 14.8. The Bertz CT molecular complexity index is 640. The van der Waals surface area contributed by atoms with Crippen molar-refractivity contribution < 1.29 is 9.21 Å². The van der Waals surface area contributed by atoms with E-state index in [9.17, 15) is 4.79 Å². The highest BCUT2D eigenvalue weighted by Crippen LogP contribution is 2.20. The summed E-state index contributed by atoms with van der Waals surface area (Å²) in [5.74, 6) is 0.0814. The zero-order chi connectivity index (χ0) is 13.8. The molecule has 0 atom stereocenters. The SMILES string of the molecule is O=C(N/N=C/c1ccc(Br)o1)c1ccc(Cl)cc1Cl. The van der Waals surface area contributed by atoms with Gasteiger partial charge in [-0.25, -0.2) is 5.43 Å². The van der Waals surface area contributed by atoms with Gasteiger partial charge in [-0.15, -0.1) is 0 Å². The smallest absolute Gasteiger partial charge is 0.272 e. The highest BCUT2D eigenvalue weighted by atomic mass is 79.9. The first-order chi connectivity index (χ1) is 9.06. The monoisotopic (exact) mass is 360 g/mol. The van der Waals surface area contributed by atoms with Crippen LogP contribution in [-0.2, 0) is 0 Å². The Morgan fingerprint density at radius 3 is 2.74 bits per heavy atom. The molecule has 0 saturated heterocycles. The maximum absolute atomic E-state index is 11.8. The minimum Gasteiger partial charge on any atom is -0.448 e. The summed E-state index contributed by atoms with van der Waals surface area (Å²) in [6.07, 6.45) is 1.38. The van der Waals surface area contributed by atoms with Gasteiger partial charge >= 0.3 is 0 Å².